The number of rotatable bonds is 2. The number of sulfonamides is 1. The molecule has 5 heteroatoms. The lowest BCUT2D eigenvalue weighted by Crippen LogP contribution is -2.28. The first-order valence-electron chi connectivity index (χ1n) is 5.01. The summed E-state index contributed by atoms with van der Waals surface area (Å²) in [5, 5.41) is 0. The van der Waals surface area contributed by atoms with Gasteiger partial charge in [-0.2, -0.15) is 4.31 Å². The van der Waals surface area contributed by atoms with Crippen LogP contribution in [0.25, 0.3) is 0 Å². The van der Waals surface area contributed by atoms with Crippen LogP contribution in [0.15, 0.2) is 29.4 Å². The van der Waals surface area contributed by atoms with Crippen molar-refractivity contribution in [2.75, 3.05) is 13.1 Å². The molecule has 1 atom stereocenters. The molecule has 2 heterocycles. The molecule has 15 heavy (non-hydrogen) atoms. The highest BCUT2D eigenvalue weighted by Crippen LogP contribution is 2.22. The summed E-state index contributed by atoms with van der Waals surface area (Å²) in [5.74, 6) is 0.455. The van der Waals surface area contributed by atoms with E-state index >= 15 is 0 Å². The average Bonchev–Trinajstić information content (AvgIpc) is 2.67. The lowest BCUT2D eigenvalue weighted by molar-refractivity contribution is 0.464. The Morgan fingerprint density at radius 2 is 2.33 bits per heavy atom. The van der Waals surface area contributed by atoms with E-state index < -0.39 is 10.0 Å². The molecule has 0 aromatic carbocycles. The van der Waals surface area contributed by atoms with Crippen LogP contribution in [0.1, 0.15) is 13.3 Å². The molecule has 0 amide bonds. The molecule has 1 aliphatic heterocycles. The van der Waals surface area contributed by atoms with Crippen molar-refractivity contribution in [3.8, 4) is 0 Å². The summed E-state index contributed by atoms with van der Waals surface area (Å²) >= 11 is 0. The molecule has 0 bridgehead atoms. The van der Waals surface area contributed by atoms with Crippen molar-refractivity contribution in [1.29, 1.82) is 0 Å². The summed E-state index contributed by atoms with van der Waals surface area (Å²) in [7, 11) is -3.30. The van der Waals surface area contributed by atoms with E-state index in [2.05, 4.69) is 11.9 Å². The first kappa shape index (κ1) is 10.6. The smallest absolute Gasteiger partial charge is 0.244 e. The van der Waals surface area contributed by atoms with E-state index in [1.165, 1.54) is 10.5 Å². The van der Waals surface area contributed by atoms with Gasteiger partial charge in [-0.15, -0.1) is 0 Å². The van der Waals surface area contributed by atoms with Gasteiger partial charge >= 0.3 is 0 Å². The summed E-state index contributed by atoms with van der Waals surface area (Å²) in [4.78, 5) is 4.13. The molecule has 1 aromatic heterocycles. The lowest BCUT2D eigenvalue weighted by atomic mass is 10.2. The molecular weight excluding hydrogens is 212 g/mol. The van der Waals surface area contributed by atoms with Crippen LogP contribution in [0.3, 0.4) is 0 Å². The van der Waals surface area contributed by atoms with Crippen molar-refractivity contribution in [2.24, 2.45) is 5.92 Å². The second-order valence-electron chi connectivity index (χ2n) is 3.95. The third-order valence-electron chi connectivity index (χ3n) is 2.66. The van der Waals surface area contributed by atoms with Gasteiger partial charge in [-0.25, -0.2) is 8.42 Å². The van der Waals surface area contributed by atoms with Crippen molar-refractivity contribution >= 4 is 10.0 Å². The maximum Gasteiger partial charge on any atom is 0.244 e. The number of hydrogen-bond acceptors (Lipinski definition) is 3. The summed E-state index contributed by atoms with van der Waals surface area (Å²) in [6, 6.07) is 3.23. The summed E-state index contributed by atoms with van der Waals surface area (Å²) in [5.41, 5.74) is 0. The minimum atomic E-state index is -3.30. The molecule has 0 N–H and O–H groups in total. The van der Waals surface area contributed by atoms with E-state index in [9.17, 15) is 8.42 Å². The normalized spacial score (nSPS) is 23.1. The van der Waals surface area contributed by atoms with Crippen molar-refractivity contribution in [2.45, 2.75) is 18.2 Å². The quantitative estimate of drug-likeness (QED) is 0.759. The molecule has 1 saturated heterocycles. The van der Waals surface area contributed by atoms with Crippen molar-refractivity contribution in [1.82, 2.24) is 9.29 Å². The molecular formula is C10H14N2O2S. The van der Waals surface area contributed by atoms with Crippen molar-refractivity contribution < 1.29 is 8.42 Å². The predicted octanol–water partition coefficient (Wildman–Crippen LogP) is 1.11. The SMILES string of the molecule is CC1CCN(S(=O)(=O)c2cccnc2)C1. The number of nitrogens with zero attached hydrogens (tertiary/aromatic N) is 2. The first-order chi connectivity index (χ1) is 7.10. The van der Waals surface area contributed by atoms with Crippen LogP contribution in [-0.2, 0) is 10.0 Å². The maximum absolute atomic E-state index is 12.1. The fourth-order valence-electron chi connectivity index (χ4n) is 1.76. The van der Waals surface area contributed by atoms with Crippen LogP contribution in [0.5, 0.6) is 0 Å². The topological polar surface area (TPSA) is 50.3 Å². The first-order valence-corrected chi connectivity index (χ1v) is 6.45. The van der Waals surface area contributed by atoms with Gasteiger partial charge in [-0.1, -0.05) is 6.92 Å². The Morgan fingerprint density at radius 1 is 1.53 bits per heavy atom. The van der Waals surface area contributed by atoms with Crippen LogP contribution in [0, 0.1) is 5.92 Å². The maximum atomic E-state index is 12.1. The highest BCUT2D eigenvalue weighted by Gasteiger charge is 2.30. The van der Waals surface area contributed by atoms with Gasteiger partial charge in [0.25, 0.3) is 0 Å². The highest BCUT2D eigenvalue weighted by molar-refractivity contribution is 7.89. The Balaban J connectivity index is 2.28. The van der Waals surface area contributed by atoms with E-state index in [1.807, 2.05) is 0 Å². The molecule has 4 nitrogen and oxygen atoms in total. The second kappa shape index (κ2) is 3.90. The number of pyridine rings is 1. The predicted molar refractivity (Wildman–Crippen MR) is 56.8 cm³/mol. The van der Waals surface area contributed by atoms with Crippen molar-refractivity contribution in [3.63, 3.8) is 0 Å². The zero-order valence-electron chi connectivity index (χ0n) is 8.63. The van der Waals surface area contributed by atoms with Gasteiger partial charge in [0.1, 0.15) is 4.90 Å². The van der Waals surface area contributed by atoms with Gasteiger partial charge < -0.3 is 0 Å². The Morgan fingerprint density at radius 3 is 2.87 bits per heavy atom. The van der Waals surface area contributed by atoms with Crippen LogP contribution < -0.4 is 0 Å². The molecule has 82 valence electrons. The summed E-state index contributed by atoms with van der Waals surface area (Å²) in [6.07, 6.45) is 3.92. The lowest BCUT2D eigenvalue weighted by Gasteiger charge is -2.15. The molecule has 0 radical (unpaired) electrons. The fourth-order valence-corrected chi connectivity index (χ4v) is 3.30. The van der Waals surface area contributed by atoms with E-state index in [-0.39, 0.29) is 0 Å². The molecule has 0 saturated carbocycles. The molecule has 0 aliphatic carbocycles. The van der Waals surface area contributed by atoms with E-state index in [1.54, 1.807) is 18.3 Å². The second-order valence-corrected chi connectivity index (χ2v) is 5.88. The summed E-state index contributed by atoms with van der Waals surface area (Å²) in [6.45, 7) is 3.31. The highest BCUT2D eigenvalue weighted by atomic mass is 32.2. The Labute approximate surface area is 90.0 Å². The Bertz CT molecular complexity index is 430. The van der Waals surface area contributed by atoms with Gasteiger partial charge in [0.05, 0.1) is 0 Å². The zero-order valence-corrected chi connectivity index (χ0v) is 9.44. The largest absolute Gasteiger partial charge is 0.263 e. The Kier molecular flexibility index (Phi) is 2.75. The monoisotopic (exact) mass is 226 g/mol. The number of hydrogen-bond donors (Lipinski definition) is 0. The third-order valence-corrected chi connectivity index (χ3v) is 4.51. The minimum Gasteiger partial charge on any atom is -0.263 e. The van der Waals surface area contributed by atoms with E-state index in [0.717, 1.165) is 6.42 Å². The van der Waals surface area contributed by atoms with Crippen LogP contribution in [0.2, 0.25) is 0 Å². The standard InChI is InChI=1S/C10H14N2O2S/c1-9-4-6-12(8-9)15(13,14)10-3-2-5-11-7-10/h2-3,5,7,9H,4,6,8H2,1H3. The van der Waals surface area contributed by atoms with Gasteiger partial charge in [-0.05, 0) is 24.5 Å². The van der Waals surface area contributed by atoms with Crippen molar-refractivity contribution in [3.05, 3.63) is 24.5 Å². The third kappa shape index (κ3) is 2.03. The van der Waals surface area contributed by atoms with E-state index in [4.69, 9.17) is 0 Å². The zero-order chi connectivity index (χ0) is 10.9. The molecule has 1 unspecified atom stereocenters. The average molecular weight is 226 g/mol. The minimum absolute atomic E-state index is 0.291. The van der Waals surface area contributed by atoms with Gasteiger partial charge in [0.2, 0.25) is 10.0 Å². The van der Waals surface area contributed by atoms with Gasteiger partial charge in [0.15, 0.2) is 0 Å². The van der Waals surface area contributed by atoms with Crippen LogP contribution >= 0.6 is 0 Å². The van der Waals surface area contributed by atoms with Crippen LogP contribution in [-0.4, -0.2) is 30.8 Å². The van der Waals surface area contributed by atoms with Gasteiger partial charge in [0, 0.05) is 25.5 Å². The van der Waals surface area contributed by atoms with E-state index in [0.29, 0.717) is 23.9 Å². The fraction of sp³-hybridized carbons (Fsp3) is 0.500. The Hall–Kier alpha value is -0.940. The molecule has 0 spiro atoms. The molecule has 1 fully saturated rings. The molecule has 2 rings (SSSR count). The molecule has 1 aromatic rings. The molecule has 1 aliphatic rings. The number of aromatic nitrogens is 1. The van der Waals surface area contributed by atoms with Gasteiger partial charge in [-0.3, -0.25) is 4.98 Å². The summed E-state index contributed by atoms with van der Waals surface area (Å²) < 4.78 is 25.7. The van der Waals surface area contributed by atoms with Crippen LogP contribution in [0.4, 0.5) is 0 Å².